The molecule has 2 heteroatoms. The first-order valence-electron chi connectivity index (χ1n) is 9.68. The smallest absolute Gasteiger partial charge is 0.305 e. The predicted octanol–water partition coefficient (Wildman–Crippen LogP) is 6.75. The van der Waals surface area contributed by atoms with E-state index in [-0.39, 0.29) is 5.97 Å². The van der Waals surface area contributed by atoms with E-state index in [1.54, 1.807) is 0 Å². The second kappa shape index (κ2) is 19.0. The Kier molecular flexibility index (Phi) is 18.1. The number of unbranched alkanes of at least 4 members (excludes halogenated alkanes) is 10. The molecular weight excluding hydrogens is 284 g/mol. The maximum atomic E-state index is 10.9. The van der Waals surface area contributed by atoms with Crippen molar-refractivity contribution >= 4 is 5.97 Å². The van der Waals surface area contributed by atoms with Gasteiger partial charge in [0, 0.05) is 6.42 Å². The highest BCUT2D eigenvalue weighted by Gasteiger charge is 1.95. The van der Waals surface area contributed by atoms with Crippen LogP contribution in [-0.4, -0.2) is 13.1 Å². The number of esters is 1. The molecule has 0 atom stereocenters. The molecule has 0 radical (unpaired) electrons. The highest BCUT2D eigenvalue weighted by molar-refractivity contribution is 5.69. The largest absolute Gasteiger partial charge is 0.469 e. The van der Waals surface area contributed by atoms with Crippen molar-refractivity contribution in [3.05, 3.63) is 24.3 Å². The lowest BCUT2D eigenvalue weighted by atomic mass is 10.1. The quantitative estimate of drug-likeness (QED) is 0.178. The number of hydrogen-bond donors (Lipinski definition) is 0. The zero-order valence-corrected chi connectivity index (χ0v) is 15.5. The molecule has 0 bridgehead atoms. The van der Waals surface area contributed by atoms with Crippen molar-refractivity contribution in [3.63, 3.8) is 0 Å². The topological polar surface area (TPSA) is 26.3 Å². The highest BCUT2D eigenvalue weighted by atomic mass is 16.5. The molecule has 0 amide bonds. The average molecular weight is 323 g/mol. The normalized spacial score (nSPS) is 11.6. The SMILES string of the molecule is CCCCCCCC/C=C/CCCCC/C=C/CCC(=O)OC. The lowest BCUT2D eigenvalue weighted by Gasteiger charge is -1.98. The van der Waals surface area contributed by atoms with Crippen molar-refractivity contribution in [2.45, 2.75) is 96.8 Å². The maximum absolute atomic E-state index is 10.9. The summed E-state index contributed by atoms with van der Waals surface area (Å²) in [6, 6.07) is 0. The molecule has 0 aromatic rings. The van der Waals surface area contributed by atoms with Gasteiger partial charge in [0.15, 0.2) is 0 Å². The summed E-state index contributed by atoms with van der Waals surface area (Å²) in [5.41, 5.74) is 0. The third kappa shape index (κ3) is 18.9. The van der Waals surface area contributed by atoms with E-state index in [1.807, 2.05) is 0 Å². The Hall–Kier alpha value is -1.05. The summed E-state index contributed by atoms with van der Waals surface area (Å²) < 4.78 is 4.60. The molecule has 23 heavy (non-hydrogen) atoms. The molecule has 2 nitrogen and oxygen atoms in total. The van der Waals surface area contributed by atoms with Crippen molar-refractivity contribution in [2.75, 3.05) is 7.11 Å². The molecule has 0 spiro atoms. The monoisotopic (exact) mass is 322 g/mol. The van der Waals surface area contributed by atoms with Gasteiger partial charge >= 0.3 is 5.97 Å². The van der Waals surface area contributed by atoms with Gasteiger partial charge in [-0.25, -0.2) is 0 Å². The maximum Gasteiger partial charge on any atom is 0.305 e. The zero-order valence-electron chi connectivity index (χ0n) is 15.5. The molecule has 0 aromatic carbocycles. The van der Waals surface area contributed by atoms with Crippen LogP contribution in [0.4, 0.5) is 0 Å². The van der Waals surface area contributed by atoms with Crippen molar-refractivity contribution in [3.8, 4) is 0 Å². The molecule has 0 fully saturated rings. The van der Waals surface area contributed by atoms with Crippen LogP contribution in [0, 0.1) is 0 Å². The van der Waals surface area contributed by atoms with Gasteiger partial charge in [-0.05, 0) is 44.9 Å². The summed E-state index contributed by atoms with van der Waals surface area (Å²) in [5.74, 6) is -0.123. The summed E-state index contributed by atoms with van der Waals surface area (Å²) in [7, 11) is 1.44. The second-order valence-electron chi connectivity index (χ2n) is 6.25. The summed E-state index contributed by atoms with van der Waals surface area (Å²) in [4.78, 5) is 10.9. The molecule has 0 unspecified atom stereocenters. The van der Waals surface area contributed by atoms with Crippen LogP contribution >= 0.6 is 0 Å². The molecule has 0 saturated heterocycles. The first-order valence-corrected chi connectivity index (χ1v) is 9.68. The van der Waals surface area contributed by atoms with Crippen molar-refractivity contribution < 1.29 is 9.53 Å². The van der Waals surface area contributed by atoms with E-state index in [0.29, 0.717) is 6.42 Å². The van der Waals surface area contributed by atoms with Crippen LogP contribution < -0.4 is 0 Å². The van der Waals surface area contributed by atoms with E-state index >= 15 is 0 Å². The van der Waals surface area contributed by atoms with Gasteiger partial charge in [-0.15, -0.1) is 0 Å². The van der Waals surface area contributed by atoms with Gasteiger partial charge in [-0.2, -0.15) is 0 Å². The molecule has 0 saturated carbocycles. The number of carbonyl (C=O) groups excluding carboxylic acids is 1. The average Bonchev–Trinajstić information content (AvgIpc) is 2.57. The summed E-state index contributed by atoms with van der Waals surface area (Å²) in [5, 5.41) is 0. The minimum Gasteiger partial charge on any atom is -0.469 e. The van der Waals surface area contributed by atoms with Crippen LogP contribution in [0.1, 0.15) is 96.8 Å². The Morgan fingerprint density at radius 2 is 1.13 bits per heavy atom. The summed E-state index contributed by atoms with van der Waals surface area (Å²) >= 11 is 0. The van der Waals surface area contributed by atoms with E-state index in [1.165, 1.54) is 77.7 Å². The summed E-state index contributed by atoms with van der Waals surface area (Å²) in [6.45, 7) is 2.27. The highest BCUT2D eigenvalue weighted by Crippen LogP contribution is 2.09. The number of hydrogen-bond acceptors (Lipinski definition) is 2. The van der Waals surface area contributed by atoms with Crippen LogP contribution in [0.25, 0.3) is 0 Å². The lowest BCUT2D eigenvalue weighted by molar-refractivity contribution is -0.140. The first-order chi connectivity index (χ1) is 11.3. The van der Waals surface area contributed by atoms with Gasteiger partial charge in [-0.3, -0.25) is 4.79 Å². The predicted molar refractivity (Wildman–Crippen MR) is 101 cm³/mol. The number of ether oxygens (including phenoxy) is 1. The molecule has 0 aromatic heterocycles. The van der Waals surface area contributed by atoms with Gasteiger partial charge in [0.05, 0.1) is 7.11 Å². The molecule has 0 rings (SSSR count). The number of methoxy groups -OCH3 is 1. The Morgan fingerprint density at radius 1 is 0.696 bits per heavy atom. The van der Waals surface area contributed by atoms with E-state index in [4.69, 9.17) is 0 Å². The number of carbonyl (C=O) groups is 1. The Morgan fingerprint density at radius 3 is 1.65 bits per heavy atom. The molecule has 0 N–H and O–H groups in total. The van der Waals surface area contributed by atoms with E-state index in [0.717, 1.165) is 12.8 Å². The third-order valence-electron chi connectivity index (χ3n) is 4.04. The van der Waals surface area contributed by atoms with Gasteiger partial charge < -0.3 is 4.74 Å². The first kappa shape index (κ1) is 21.9. The van der Waals surface area contributed by atoms with Crippen LogP contribution in [0.15, 0.2) is 24.3 Å². The van der Waals surface area contributed by atoms with Crippen LogP contribution in [0.5, 0.6) is 0 Å². The van der Waals surface area contributed by atoms with Gasteiger partial charge in [0.25, 0.3) is 0 Å². The number of rotatable bonds is 16. The minimum absolute atomic E-state index is 0.123. The fraction of sp³-hybridized carbons (Fsp3) is 0.762. The second-order valence-corrected chi connectivity index (χ2v) is 6.25. The Balaban J connectivity index is 3.19. The summed E-state index contributed by atoms with van der Waals surface area (Å²) in [6.07, 6.45) is 26.1. The molecule has 0 aliphatic heterocycles. The van der Waals surface area contributed by atoms with Crippen molar-refractivity contribution in [1.29, 1.82) is 0 Å². The molecule has 134 valence electrons. The minimum atomic E-state index is -0.123. The third-order valence-corrected chi connectivity index (χ3v) is 4.04. The van der Waals surface area contributed by atoms with Crippen LogP contribution in [-0.2, 0) is 9.53 Å². The Bertz CT molecular complexity index is 305. The number of allylic oxidation sites excluding steroid dienone is 4. The van der Waals surface area contributed by atoms with Crippen molar-refractivity contribution in [2.24, 2.45) is 0 Å². The van der Waals surface area contributed by atoms with E-state index in [2.05, 4.69) is 36.0 Å². The molecule has 0 aliphatic carbocycles. The molecule has 0 aliphatic rings. The fourth-order valence-electron chi connectivity index (χ4n) is 2.52. The fourth-order valence-corrected chi connectivity index (χ4v) is 2.52. The van der Waals surface area contributed by atoms with Gasteiger partial charge in [0.2, 0.25) is 0 Å². The van der Waals surface area contributed by atoms with Crippen LogP contribution in [0.2, 0.25) is 0 Å². The van der Waals surface area contributed by atoms with Crippen LogP contribution in [0.3, 0.4) is 0 Å². The molecule has 0 heterocycles. The zero-order chi connectivity index (χ0) is 17.0. The van der Waals surface area contributed by atoms with E-state index in [9.17, 15) is 4.79 Å². The Labute approximate surface area is 144 Å². The molecular formula is C21H38O2. The van der Waals surface area contributed by atoms with E-state index < -0.39 is 0 Å². The van der Waals surface area contributed by atoms with Gasteiger partial charge in [0.1, 0.15) is 0 Å². The standard InChI is InChI=1S/C21H38O2/c1-3-4-5-6-7-8-9-10-11-12-13-14-15-16-17-18-19-20-21(22)23-2/h10-11,17-18H,3-9,12-16,19-20H2,1-2H3/b11-10+,18-17+. The van der Waals surface area contributed by atoms with Gasteiger partial charge in [-0.1, -0.05) is 69.8 Å². The lowest BCUT2D eigenvalue weighted by Crippen LogP contribution is -1.97. The van der Waals surface area contributed by atoms with Crippen molar-refractivity contribution in [1.82, 2.24) is 0 Å².